The quantitative estimate of drug-likeness (QED) is 0.726. The van der Waals surface area contributed by atoms with Gasteiger partial charge in [0.2, 0.25) is 10.0 Å². The van der Waals surface area contributed by atoms with Crippen LogP contribution in [0, 0.1) is 0 Å². The third-order valence-corrected chi connectivity index (χ3v) is 6.29. The summed E-state index contributed by atoms with van der Waals surface area (Å²) in [6.45, 7) is 5.83. The van der Waals surface area contributed by atoms with Crippen LogP contribution in [0.5, 0.6) is 5.75 Å². The summed E-state index contributed by atoms with van der Waals surface area (Å²) >= 11 is 0. The van der Waals surface area contributed by atoms with E-state index in [4.69, 9.17) is 4.74 Å². The number of nitrogens with zero attached hydrogens (tertiary/aromatic N) is 2. The minimum absolute atomic E-state index is 0.285. The van der Waals surface area contributed by atoms with Gasteiger partial charge in [0, 0.05) is 32.7 Å². The number of piperazine rings is 1. The molecule has 0 spiro atoms. The lowest BCUT2D eigenvalue weighted by Crippen LogP contribution is -2.49. The van der Waals surface area contributed by atoms with E-state index in [9.17, 15) is 8.42 Å². The molecule has 1 heterocycles. The third-order valence-electron chi connectivity index (χ3n) is 4.33. The van der Waals surface area contributed by atoms with Crippen LogP contribution in [-0.4, -0.2) is 63.2 Å². The Labute approximate surface area is 140 Å². The summed E-state index contributed by atoms with van der Waals surface area (Å²) in [5.74, 6) is 1.17. The van der Waals surface area contributed by atoms with Gasteiger partial charge in [0.05, 0.1) is 12.9 Å². The van der Waals surface area contributed by atoms with E-state index in [0.717, 1.165) is 44.6 Å². The van der Waals surface area contributed by atoms with Gasteiger partial charge < -0.3 is 9.64 Å². The molecule has 0 aromatic heterocycles. The third kappa shape index (κ3) is 5.48. The topological polar surface area (TPSA) is 49.9 Å². The lowest BCUT2D eigenvalue weighted by Gasteiger charge is -2.34. The summed E-state index contributed by atoms with van der Waals surface area (Å²) < 4.78 is 31.3. The van der Waals surface area contributed by atoms with Crippen LogP contribution in [0.3, 0.4) is 0 Å². The molecule has 1 aromatic carbocycles. The number of methoxy groups -OCH3 is 1. The number of unbranched alkanes of at least 4 members (excludes halogenated alkanes) is 1. The van der Waals surface area contributed by atoms with Crippen LogP contribution >= 0.6 is 0 Å². The summed E-state index contributed by atoms with van der Waals surface area (Å²) in [6, 6.07) is 8.12. The maximum Gasteiger partial charge on any atom is 0.214 e. The van der Waals surface area contributed by atoms with E-state index < -0.39 is 10.0 Å². The standard InChI is InChI=1S/C17H28N2O3S/c1-3-4-14-23(20,21)19-12-10-18(11-13-19)9-8-16-6-5-7-17(15-16)22-2/h5-7,15H,3-4,8-14H2,1-2H3. The zero-order valence-corrected chi connectivity index (χ0v) is 15.0. The Bertz CT molecular complexity index is 581. The normalized spacial score (nSPS) is 17.3. The number of sulfonamides is 1. The molecule has 6 heteroatoms. The van der Waals surface area contributed by atoms with Crippen LogP contribution in [0.15, 0.2) is 24.3 Å². The van der Waals surface area contributed by atoms with E-state index in [-0.39, 0.29) is 5.75 Å². The van der Waals surface area contributed by atoms with Crippen LogP contribution in [-0.2, 0) is 16.4 Å². The first kappa shape index (κ1) is 18.2. The maximum atomic E-state index is 12.2. The van der Waals surface area contributed by atoms with Gasteiger partial charge in [-0.05, 0) is 30.5 Å². The van der Waals surface area contributed by atoms with Crippen LogP contribution < -0.4 is 4.74 Å². The molecule has 0 saturated carbocycles. The van der Waals surface area contributed by atoms with Crippen molar-refractivity contribution in [3.8, 4) is 5.75 Å². The van der Waals surface area contributed by atoms with Gasteiger partial charge >= 0.3 is 0 Å². The molecule has 0 atom stereocenters. The molecule has 0 aliphatic carbocycles. The maximum absolute atomic E-state index is 12.2. The lowest BCUT2D eigenvalue weighted by atomic mass is 10.1. The molecule has 23 heavy (non-hydrogen) atoms. The molecule has 130 valence electrons. The number of rotatable bonds is 8. The first-order valence-corrected chi connectivity index (χ1v) is 9.99. The van der Waals surface area contributed by atoms with E-state index in [2.05, 4.69) is 17.0 Å². The summed E-state index contributed by atoms with van der Waals surface area (Å²) in [5, 5.41) is 0. The van der Waals surface area contributed by atoms with Crippen LogP contribution in [0.25, 0.3) is 0 Å². The highest BCUT2D eigenvalue weighted by Crippen LogP contribution is 2.14. The molecule has 0 bridgehead atoms. The zero-order chi connectivity index (χ0) is 16.7. The minimum Gasteiger partial charge on any atom is -0.497 e. The van der Waals surface area contributed by atoms with Gasteiger partial charge in [-0.25, -0.2) is 8.42 Å². The van der Waals surface area contributed by atoms with Gasteiger partial charge in [0.25, 0.3) is 0 Å². The summed E-state index contributed by atoms with van der Waals surface area (Å²) in [6.07, 6.45) is 2.62. The van der Waals surface area contributed by atoms with E-state index in [0.29, 0.717) is 13.1 Å². The minimum atomic E-state index is -3.05. The van der Waals surface area contributed by atoms with Crippen molar-refractivity contribution < 1.29 is 13.2 Å². The van der Waals surface area contributed by atoms with Crippen molar-refractivity contribution >= 4 is 10.0 Å². The van der Waals surface area contributed by atoms with Crippen LogP contribution in [0.2, 0.25) is 0 Å². The highest BCUT2D eigenvalue weighted by atomic mass is 32.2. The Hall–Kier alpha value is -1.11. The van der Waals surface area contributed by atoms with Crippen molar-refractivity contribution in [2.75, 3.05) is 45.6 Å². The molecule has 5 nitrogen and oxygen atoms in total. The van der Waals surface area contributed by atoms with Crippen LogP contribution in [0.1, 0.15) is 25.3 Å². The fourth-order valence-electron chi connectivity index (χ4n) is 2.80. The molecule has 0 unspecified atom stereocenters. The van der Waals surface area contributed by atoms with Crippen molar-refractivity contribution in [3.63, 3.8) is 0 Å². The van der Waals surface area contributed by atoms with Gasteiger partial charge in [-0.15, -0.1) is 0 Å². The Balaban J connectivity index is 1.78. The number of hydrogen-bond donors (Lipinski definition) is 0. The molecule has 1 fully saturated rings. The Kier molecular flexibility index (Phi) is 6.87. The monoisotopic (exact) mass is 340 g/mol. The van der Waals surface area contributed by atoms with E-state index in [1.807, 2.05) is 19.1 Å². The van der Waals surface area contributed by atoms with Crippen molar-refractivity contribution in [1.82, 2.24) is 9.21 Å². The Morgan fingerprint density at radius 2 is 1.91 bits per heavy atom. The molecule has 0 radical (unpaired) electrons. The molecule has 1 aliphatic rings. The summed E-state index contributed by atoms with van der Waals surface area (Å²) in [7, 11) is -1.38. The van der Waals surface area contributed by atoms with Gasteiger partial charge in [0.1, 0.15) is 5.75 Å². The number of hydrogen-bond acceptors (Lipinski definition) is 4. The summed E-state index contributed by atoms with van der Waals surface area (Å²) in [5.41, 5.74) is 1.25. The van der Waals surface area contributed by atoms with Crippen LogP contribution in [0.4, 0.5) is 0 Å². The Morgan fingerprint density at radius 3 is 2.57 bits per heavy atom. The van der Waals surface area contributed by atoms with Gasteiger partial charge in [0.15, 0.2) is 0 Å². The molecular weight excluding hydrogens is 312 g/mol. The second-order valence-corrected chi connectivity index (χ2v) is 8.10. The molecule has 1 aromatic rings. The smallest absolute Gasteiger partial charge is 0.214 e. The van der Waals surface area contributed by atoms with Gasteiger partial charge in [-0.3, -0.25) is 0 Å². The highest BCUT2D eigenvalue weighted by molar-refractivity contribution is 7.89. The predicted octanol–water partition coefficient (Wildman–Crippen LogP) is 1.99. The molecule has 0 amide bonds. The molecule has 1 aliphatic heterocycles. The number of ether oxygens (including phenoxy) is 1. The predicted molar refractivity (Wildman–Crippen MR) is 93.4 cm³/mol. The highest BCUT2D eigenvalue weighted by Gasteiger charge is 2.25. The summed E-state index contributed by atoms with van der Waals surface area (Å²) in [4.78, 5) is 2.34. The average Bonchev–Trinajstić information content (AvgIpc) is 2.59. The van der Waals surface area contributed by atoms with Gasteiger partial charge in [-0.2, -0.15) is 4.31 Å². The van der Waals surface area contributed by atoms with Gasteiger partial charge in [-0.1, -0.05) is 25.5 Å². The second kappa shape index (κ2) is 8.66. The van der Waals surface area contributed by atoms with Crippen molar-refractivity contribution in [2.45, 2.75) is 26.2 Å². The molecule has 0 N–H and O–H groups in total. The first-order chi connectivity index (χ1) is 11.0. The number of benzene rings is 1. The first-order valence-electron chi connectivity index (χ1n) is 8.38. The average molecular weight is 340 g/mol. The zero-order valence-electron chi connectivity index (χ0n) is 14.2. The van der Waals surface area contributed by atoms with E-state index >= 15 is 0 Å². The van der Waals surface area contributed by atoms with E-state index in [1.54, 1.807) is 11.4 Å². The van der Waals surface area contributed by atoms with Crippen molar-refractivity contribution in [2.24, 2.45) is 0 Å². The fraction of sp³-hybridized carbons (Fsp3) is 0.647. The SMILES string of the molecule is CCCCS(=O)(=O)N1CCN(CCc2cccc(OC)c2)CC1. The van der Waals surface area contributed by atoms with E-state index in [1.165, 1.54) is 5.56 Å². The van der Waals surface area contributed by atoms with Crippen molar-refractivity contribution in [3.05, 3.63) is 29.8 Å². The molecular formula is C17H28N2O3S. The Morgan fingerprint density at radius 1 is 1.17 bits per heavy atom. The van der Waals surface area contributed by atoms with Crippen molar-refractivity contribution in [1.29, 1.82) is 0 Å². The second-order valence-electron chi connectivity index (χ2n) is 6.01. The fourth-order valence-corrected chi connectivity index (χ4v) is 4.43. The largest absolute Gasteiger partial charge is 0.497 e. The lowest BCUT2D eigenvalue weighted by molar-refractivity contribution is 0.190. The molecule has 2 rings (SSSR count). The molecule has 1 saturated heterocycles.